The van der Waals surface area contributed by atoms with E-state index >= 15 is 0 Å². The SMILES string of the molecule is CC1=CSC(C(C)C)C1C(C)C. The van der Waals surface area contributed by atoms with Crippen LogP contribution in [-0.4, -0.2) is 5.25 Å². The van der Waals surface area contributed by atoms with Gasteiger partial charge in [0.1, 0.15) is 0 Å². The molecule has 12 heavy (non-hydrogen) atoms. The van der Waals surface area contributed by atoms with Crippen LogP contribution in [0.3, 0.4) is 0 Å². The highest BCUT2D eigenvalue weighted by Crippen LogP contribution is 2.43. The highest BCUT2D eigenvalue weighted by molar-refractivity contribution is 8.03. The normalized spacial score (nSPS) is 30.1. The van der Waals surface area contributed by atoms with Gasteiger partial charge in [0.15, 0.2) is 0 Å². The van der Waals surface area contributed by atoms with Crippen molar-refractivity contribution in [2.24, 2.45) is 17.8 Å². The smallest absolute Gasteiger partial charge is 0.0179 e. The molecule has 1 heteroatoms. The topological polar surface area (TPSA) is 0 Å². The summed E-state index contributed by atoms with van der Waals surface area (Å²) in [6.07, 6.45) is 0. The standard InChI is InChI=1S/C11H20S/c1-7(2)10-9(5)6-12-11(10)8(3)4/h6-8,10-11H,1-5H3. The maximum Gasteiger partial charge on any atom is 0.0179 e. The van der Waals surface area contributed by atoms with Crippen LogP contribution in [0.5, 0.6) is 0 Å². The summed E-state index contributed by atoms with van der Waals surface area (Å²) < 4.78 is 0. The van der Waals surface area contributed by atoms with E-state index in [0.29, 0.717) is 0 Å². The van der Waals surface area contributed by atoms with Gasteiger partial charge in [-0.05, 0) is 30.1 Å². The molecule has 0 aliphatic carbocycles. The molecule has 2 atom stereocenters. The zero-order chi connectivity index (χ0) is 9.30. The van der Waals surface area contributed by atoms with Gasteiger partial charge in [-0.25, -0.2) is 0 Å². The van der Waals surface area contributed by atoms with Crippen molar-refractivity contribution in [3.05, 3.63) is 11.0 Å². The molecule has 0 saturated heterocycles. The minimum Gasteiger partial charge on any atom is -0.130 e. The van der Waals surface area contributed by atoms with Crippen molar-refractivity contribution in [3.63, 3.8) is 0 Å². The van der Waals surface area contributed by atoms with Gasteiger partial charge in [-0.1, -0.05) is 33.3 Å². The van der Waals surface area contributed by atoms with Crippen LogP contribution in [0.4, 0.5) is 0 Å². The Kier molecular flexibility index (Phi) is 3.28. The molecule has 0 aromatic carbocycles. The zero-order valence-corrected chi connectivity index (χ0v) is 9.61. The Hall–Kier alpha value is 0.0900. The van der Waals surface area contributed by atoms with E-state index in [1.54, 1.807) is 5.57 Å². The van der Waals surface area contributed by atoms with Crippen LogP contribution in [0.25, 0.3) is 0 Å². The minimum absolute atomic E-state index is 0.795. The summed E-state index contributed by atoms with van der Waals surface area (Å²) >= 11 is 2.03. The lowest BCUT2D eigenvalue weighted by atomic mass is 9.83. The highest BCUT2D eigenvalue weighted by atomic mass is 32.2. The average Bonchev–Trinajstić information content (AvgIpc) is 2.30. The first-order valence-corrected chi connectivity index (χ1v) is 5.80. The minimum atomic E-state index is 0.795. The van der Waals surface area contributed by atoms with Gasteiger partial charge in [0.25, 0.3) is 0 Å². The van der Waals surface area contributed by atoms with Gasteiger partial charge < -0.3 is 0 Å². The van der Waals surface area contributed by atoms with Gasteiger partial charge in [-0.15, -0.1) is 11.8 Å². The Bertz CT molecular complexity index is 179. The lowest BCUT2D eigenvalue weighted by Gasteiger charge is -2.27. The lowest BCUT2D eigenvalue weighted by molar-refractivity contribution is 0.383. The maximum absolute atomic E-state index is 2.36. The number of allylic oxidation sites excluding steroid dienone is 1. The number of rotatable bonds is 2. The van der Waals surface area contributed by atoms with Gasteiger partial charge >= 0.3 is 0 Å². The molecule has 1 aliphatic heterocycles. The lowest BCUT2D eigenvalue weighted by Crippen LogP contribution is -2.24. The number of hydrogen-bond acceptors (Lipinski definition) is 1. The number of hydrogen-bond donors (Lipinski definition) is 0. The van der Waals surface area contributed by atoms with Crippen molar-refractivity contribution >= 4 is 11.8 Å². The molecule has 1 aliphatic rings. The molecule has 0 bridgehead atoms. The van der Waals surface area contributed by atoms with Gasteiger partial charge in [0, 0.05) is 5.25 Å². The van der Waals surface area contributed by atoms with Crippen molar-refractivity contribution in [2.45, 2.75) is 39.9 Å². The summed E-state index contributed by atoms with van der Waals surface area (Å²) in [5, 5.41) is 3.18. The van der Waals surface area contributed by atoms with Gasteiger partial charge in [0.05, 0.1) is 0 Å². The molecule has 0 fully saturated rings. The van der Waals surface area contributed by atoms with E-state index in [-0.39, 0.29) is 0 Å². The molecule has 0 N–H and O–H groups in total. The molecule has 70 valence electrons. The summed E-state index contributed by atoms with van der Waals surface area (Å²) in [6.45, 7) is 11.6. The summed E-state index contributed by atoms with van der Waals surface area (Å²) in [4.78, 5) is 0. The summed E-state index contributed by atoms with van der Waals surface area (Å²) in [7, 11) is 0. The molecule has 0 aromatic rings. The van der Waals surface area contributed by atoms with Crippen LogP contribution in [0.15, 0.2) is 11.0 Å². The largest absolute Gasteiger partial charge is 0.130 e. The second-order valence-corrected chi connectivity index (χ2v) is 5.53. The molecule has 1 heterocycles. The fourth-order valence-electron chi connectivity index (χ4n) is 2.09. The second kappa shape index (κ2) is 3.87. The molecular formula is C11H20S. The summed E-state index contributed by atoms with van der Waals surface area (Å²) in [6, 6.07) is 0. The third kappa shape index (κ3) is 1.87. The Labute approximate surface area is 80.8 Å². The molecular weight excluding hydrogens is 164 g/mol. The Morgan fingerprint density at radius 3 is 2.08 bits per heavy atom. The van der Waals surface area contributed by atoms with Crippen LogP contribution in [0, 0.1) is 17.8 Å². The van der Waals surface area contributed by atoms with Crippen LogP contribution >= 0.6 is 11.8 Å². The van der Waals surface area contributed by atoms with Crippen molar-refractivity contribution in [1.29, 1.82) is 0 Å². The van der Waals surface area contributed by atoms with Crippen LogP contribution < -0.4 is 0 Å². The first-order valence-electron chi connectivity index (χ1n) is 4.86. The van der Waals surface area contributed by atoms with E-state index in [0.717, 1.165) is 23.0 Å². The fourth-order valence-corrected chi connectivity index (χ4v) is 3.63. The predicted molar refractivity (Wildman–Crippen MR) is 58.3 cm³/mol. The number of thioether (sulfide) groups is 1. The molecule has 0 nitrogen and oxygen atoms in total. The molecule has 1 rings (SSSR count). The van der Waals surface area contributed by atoms with Crippen molar-refractivity contribution < 1.29 is 0 Å². The zero-order valence-electron chi connectivity index (χ0n) is 8.79. The molecule has 0 saturated carbocycles. The van der Waals surface area contributed by atoms with Crippen LogP contribution in [0.1, 0.15) is 34.6 Å². The third-order valence-electron chi connectivity index (χ3n) is 2.67. The van der Waals surface area contributed by atoms with Crippen molar-refractivity contribution in [2.75, 3.05) is 0 Å². The van der Waals surface area contributed by atoms with Gasteiger partial charge in [-0.2, -0.15) is 0 Å². The molecule has 0 amide bonds. The third-order valence-corrected chi connectivity index (χ3v) is 4.33. The van der Waals surface area contributed by atoms with Gasteiger partial charge in [0.2, 0.25) is 0 Å². The molecule has 2 unspecified atom stereocenters. The van der Waals surface area contributed by atoms with Gasteiger partial charge in [-0.3, -0.25) is 0 Å². The molecule has 0 aromatic heterocycles. The van der Waals surface area contributed by atoms with E-state index in [1.807, 2.05) is 11.8 Å². The highest BCUT2D eigenvalue weighted by Gasteiger charge is 2.32. The predicted octanol–water partition coefficient (Wildman–Crippen LogP) is 3.93. The van der Waals surface area contributed by atoms with E-state index in [4.69, 9.17) is 0 Å². The first-order chi connectivity index (χ1) is 5.54. The Morgan fingerprint density at radius 2 is 1.75 bits per heavy atom. The van der Waals surface area contributed by atoms with E-state index in [2.05, 4.69) is 40.0 Å². The fraction of sp³-hybridized carbons (Fsp3) is 0.818. The maximum atomic E-state index is 2.36. The summed E-state index contributed by atoms with van der Waals surface area (Å²) in [5.74, 6) is 2.41. The van der Waals surface area contributed by atoms with Crippen LogP contribution in [0.2, 0.25) is 0 Å². The first kappa shape index (κ1) is 10.2. The van der Waals surface area contributed by atoms with E-state index < -0.39 is 0 Å². The Balaban J connectivity index is 2.70. The van der Waals surface area contributed by atoms with Crippen LogP contribution in [-0.2, 0) is 0 Å². The van der Waals surface area contributed by atoms with Crippen molar-refractivity contribution in [3.8, 4) is 0 Å². The molecule has 0 radical (unpaired) electrons. The average molecular weight is 184 g/mol. The summed E-state index contributed by atoms with van der Waals surface area (Å²) in [5.41, 5.74) is 1.59. The van der Waals surface area contributed by atoms with Crippen molar-refractivity contribution in [1.82, 2.24) is 0 Å². The molecule has 0 spiro atoms. The second-order valence-electron chi connectivity index (χ2n) is 4.48. The quantitative estimate of drug-likeness (QED) is 0.626. The van der Waals surface area contributed by atoms with E-state index in [1.165, 1.54) is 0 Å². The monoisotopic (exact) mass is 184 g/mol. The van der Waals surface area contributed by atoms with E-state index in [9.17, 15) is 0 Å². The Morgan fingerprint density at radius 1 is 1.17 bits per heavy atom.